The molecule has 0 radical (unpaired) electrons. The molecule has 3 heterocycles. The van der Waals surface area contributed by atoms with Gasteiger partial charge in [-0.1, -0.05) is 23.5 Å². The van der Waals surface area contributed by atoms with Crippen LogP contribution in [0.25, 0.3) is 6.08 Å². The number of carbonyl (C=O) groups is 2. The zero-order valence-electron chi connectivity index (χ0n) is 19.0. The van der Waals surface area contributed by atoms with Gasteiger partial charge in [0.25, 0.3) is 5.56 Å². The molecule has 1 aromatic carbocycles. The van der Waals surface area contributed by atoms with E-state index in [2.05, 4.69) is 4.99 Å². The van der Waals surface area contributed by atoms with Gasteiger partial charge >= 0.3 is 11.9 Å². The van der Waals surface area contributed by atoms with Gasteiger partial charge in [0.05, 0.1) is 35.6 Å². The molecule has 0 fully saturated rings. The van der Waals surface area contributed by atoms with Gasteiger partial charge in [-0.3, -0.25) is 14.2 Å². The van der Waals surface area contributed by atoms with E-state index < -0.39 is 18.0 Å². The number of hydrogen-bond donors (Lipinski definition) is 0. The maximum Gasteiger partial charge on any atom is 0.338 e. The number of methoxy groups -OCH3 is 1. The van der Waals surface area contributed by atoms with Crippen molar-refractivity contribution >= 4 is 40.7 Å². The van der Waals surface area contributed by atoms with Crippen molar-refractivity contribution in [2.75, 3.05) is 13.7 Å². The quantitative estimate of drug-likeness (QED) is 0.383. The van der Waals surface area contributed by atoms with E-state index in [4.69, 9.17) is 14.2 Å². The topological polar surface area (TPSA) is 96.2 Å². The maximum atomic E-state index is 13.5. The van der Waals surface area contributed by atoms with Gasteiger partial charge in [-0.05, 0) is 49.1 Å². The third kappa shape index (κ3) is 4.46. The lowest BCUT2D eigenvalue weighted by Gasteiger charge is -2.25. The molecule has 0 unspecified atom stereocenters. The first-order chi connectivity index (χ1) is 16.3. The first kappa shape index (κ1) is 23.7. The fraction of sp³-hybridized carbons (Fsp3) is 0.250. The highest BCUT2D eigenvalue weighted by molar-refractivity contribution is 7.11. The van der Waals surface area contributed by atoms with Crippen LogP contribution in [0.3, 0.4) is 0 Å². The number of thiazole rings is 1. The molecule has 4 rings (SSSR count). The van der Waals surface area contributed by atoms with Crippen LogP contribution in [0.4, 0.5) is 0 Å². The molecule has 1 atom stereocenters. The van der Waals surface area contributed by atoms with E-state index in [1.165, 1.54) is 41.3 Å². The number of benzene rings is 1. The minimum absolute atomic E-state index is 0.180. The molecular weight excluding hydrogens is 476 g/mol. The number of esters is 2. The third-order valence-corrected chi connectivity index (χ3v) is 6.89. The smallest absolute Gasteiger partial charge is 0.338 e. The molecule has 0 saturated carbocycles. The van der Waals surface area contributed by atoms with Gasteiger partial charge in [-0.25, -0.2) is 9.79 Å². The molecule has 0 spiro atoms. The Morgan fingerprint density at radius 3 is 2.68 bits per heavy atom. The van der Waals surface area contributed by atoms with Crippen LogP contribution >= 0.6 is 22.7 Å². The van der Waals surface area contributed by atoms with Crippen molar-refractivity contribution in [2.24, 2.45) is 4.99 Å². The molecule has 176 valence electrons. The summed E-state index contributed by atoms with van der Waals surface area (Å²) in [6.45, 7) is 4.92. The fourth-order valence-electron chi connectivity index (χ4n) is 3.70. The molecular formula is C24H22N2O6S2. The number of nitrogens with zero attached hydrogens (tertiary/aromatic N) is 2. The van der Waals surface area contributed by atoms with Gasteiger partial charge < -0.3 is 14.2 Å². The summed E-state index contributed by atoms with van der Waals surface area (Å²) in [5, 5.41) is 1.94. The van der Waals surface area contributed by atoms with Gasteiger partial charge in [0, 0.05) is 11.8 Å². The van der Waals surface area contributed by atoms with Gasteiger partial charge in [-0.2, -0.15) is 0 Å². The molecule has 0 amide bonds. The van der Waals surface area contributed by atoms with Crippen molar-refractivity contribution < 1.29 is 23.8 Å². The summed E-state index contributed by atoms with van der Waals surface area (Å²) in [6.07, 6.45) is 1.82. The van der Waals surface area contributed by atoms with Crippen LogP contribution in [0, 0.1) is 0 Å². The second-order valence-electron chi connectivity index (χ2n) is 7.32. The lowest BCUT2D eigenvalue weighted by atomic mass is 9.95. The average molecular weight is 499 g/mol. The number of ether oxygens (including phenoxy) is 3. The van der Waals surface area contributed by atoms with Gasteiger partial charge in [0.15, 0.2) is 16.3 Å². The van der Waals surface area contributed by atoms with Crippen LogP contribution in [-0.2, 0) is 14.3 Å². The maximum absolute atomic E-state index is 13.5. The minimum Gasteiger partial charge on any atom is -0.493 e. The molecule has 0 N–H and O–H groups in total. The number of hydrogen-bond acceptors (Lipinski definition) is 9. The number of thiophene rings is 1. The van der Waals surface area contributed by atoms with Crippen LogP contribution in [-0.4, -0.2) is 30.2 Å². The van der Waals surface area contributed by atoms with Crippen LogP contribution in [0.2, 0.25) is 0 Å². The van der Waals surface area contributed by atoms with Crippen molar-refractivity contribution in [3.63, 3.8) is 0 Å². The Bertz CT molecular complexity index is 1460. The number of allylic oxidation sites excluding steroid dienone is 1. The summed E-state index contributed by atoms with van der Waals surface area (Å²) >= 11 is 2.78. The lowest BCUT2D eigenvalue weighted by molar-refractivity contribution is -0.139. The highest BCUT2D eigenvalue weighted by atomic mass is 32.1. The third-order valence-electron chi connectivity index (χ3n) is 5.09. The largest absolute Gasteiger partial charge is 0.493 e. The van der Waals surface area contributed by atoms with E-state index in [1.807, 2.05) is 23.6 Å². The monoisotopic (exact) mass is 498 g/mol. The molecule has 0 aliphatic carbocycles. The number of rotatable bonds is 6. The van der Waals surface area contributed by atoms with Crippen molar-refractivity contribution in [2.45, 2.75) is 26.8 Å². The first-order valence-electron chi connectivity index (χ1n) is 10.4. The summed E-state index contributed by atoms with van der Waals surface area (Å²) < 4.78 is 17.9. The van der Waals surface area contributed by atoms with Crippen molar-refractivity contribution in [3.8, 4) is 11.5 Å². The Kier molecular flexibility index (Phi) is 6.80. The standard InChI is InChI=1S/C24H22N2O6S2/c1-5-31-23(29)20-13(2)25-24-26(22(28)19(34-24)12-16-7-6-10-33-16)21(20)15-8-9-17(32-14(3)27)18(11-15)30-4/h6-12,21H,5H2,1-4H3/b19-12-/t21-/m1/s1. The number of fused-ring (bicyclic) bond motifs is 1. The average Bonchev–Trinajstić information content (AvgIpc) is 3.41. The van der Waals surface area contributed by atoms with Crippen LogP contribution in [0.15, 0.2) is 56.8 Å². The van der Waals surface area contributed by atoms with E-state index in [1.54, 1.807) is 32.0 Å². The molecule has 8 nitrogen and oxygen atoms in total. The predicted molar refractivity (Wildman–Crippen MR) is 129 cm³/mol. The van der Waals surface area contributed by atoms with Crippen molar-refractivity contribution in [3.05, 3.63) is 77.1 Å². The summed E-state index contributed by atoms with van der Waals surface area (Å²) in [4.78, 5) is 44.0. The van der Waals surface area contributed by atoms with Crippen molar-refractivity contribution in [1.82, 2.24) is 4.57 Å². The molecule has 34 heavy (non-hydrogen) atoms. The predicted octanol–water partition coefficient (Wildman–Crippen LogP) is 2.79. The Morgan fingerprint density at radius 2 is 2.03 bits per heavy atom. The molecule has 0 saturated heterocycles. The van der Waals surface area contributed by atoms with E-state index in [0.29, 0.717) is 26.3 Å². The van der Waals surface area contributed by atoms with Gasteiger partial charge in [0.2, 0.25) is 0 Å². The summed E-state index contributed by atoms with van der Waals surface area (Å²) in [6, 6.07) is 7.97. The number of aromatic nitrogens is 1. The first-order valence-corrected chi connectivity index (χ1v) is 12.1. The lowest BCUT2D eigenvalue weighted by Crippen LogP contribution is -2.39. The molecule has 0 bridgehead atoms. The van der Waals surface area contributed by atoms with Gasteiger partial charge in [-0.15, -0.1) is 11.3 Å². The van der Waals surface area contributed by atoms with E-state index in [-0.39, 0.29) is 23.5 Å². The molecule has 1 aliphatic rings. The van der Waals surface area contributed by atoms with E-state index >= 15 is 0 Å². The van der Waals surface area contributed by atoms with Gasteiger partial charge in [0.1, 0.15) is 0 Å². The van der Waals surface area contributed by atoms with Crippen LogP contribution in [0.5, 0.6) is 11.5 Å². The van der Waals surface area contributed by atoms with Crippen molar-refractivity contribution in [1.29, 1.82) is 0 Å². The molecule has 1 aliphatic heterocycles. The SMILES string of the molecule is CCOC(=O)C1=C(C)N=c2s/c(=C\c3cccs3)c(=O)n2[C@@H]1c1ccc(OC(C)=O)c(OC)c1. The molecule has 3 aromatic rings. The second kappa shape index (κ2) is 9.78. The summed E-state index contributed by atoms with van der Waals surface area (Å²) in [5.74, 6) is -0.506. The highest BCUT2D eigenvalue weighted by Gasteiger charge is 2.34. The fourth-order valence-corrected chi connectivity index (χ4v) is 5.47. The minimum atomic E-state index is -0.791. The normalized spacial score (nSPS) is 15.5. The number of carbonyl (C=O) groups excluding carboxylic acids is 2. The van der Waals surface area contributed by atoms with Crippen LogP contribution in [0.1, 0.15) is 37.3 Å². The Balaban J connectivity index is 1.95. The van der Waals surface area contributed by atoms with Crippen LogP contribution < -0.4 is 24.4 Å². The highest BCUT2D eigenvalue weighted by Crippen LogP contribution is 2.36. The second-order valence-corrected chi connectivity index (χ2v) is 9.31. The molecule has 2 aromatic heterocycles. The Hall–Kier alpha value is -3.50. The summed E-state index contributed by atoms with van der Waals surface area (Å²) in [5.41, 5.74) is 1.06. The Morgan fingerprint density at radius 1 is 1.24 bits per heavy atom. The van der Waals surface area contributed by atoms with E-state index in [9.17, 15) is 14.4 Å². The summed E-state index contributed by atoms with van der Waals surface area (Å²) in [7, 11) is 1.45. The zero-order chi connectivity index (χ0) is 24.4. The zero-order valence-corrected chi connectivity index (χ0v) is 20.6. The molecule has 10 heteroatoms. The Labute approximate surface area is 203 Å². The van der Waals surface area contributed by atoms with E-state index in [0.717, 1.165) is 4.88 Å².